The molecule has 2 amide bonds. The lowest BCUT2D eigenvalue weighted by atomic mass is 9.98. The number of benzene rings is 2. The van der Waals surface area contributed by atoms with Crippen molar-refractivity contribution in [1.82, 2.24) is 10.6 Å². The molecule has 2 atom stereocenters. The summed E-state index contributed by atoms with van der Waals surface area (Å²) in [6.07, 6.45) is 2.78. The third-order valence-electron chi connectivity index (χ3n) is 6.63. The van der Waals surface area contributed by atoms with Crippen molar-refractivity contribution >= 4 is 18.0 Å². The van der Waals surface area contributed by atoms with Crippen molar-refractivity contribution in [2.24, 2.45) is 5.92 Å². The molecule has 3 N–H and O–H groups in total. The van der Waals surface area contributed by atoms with E-state index in [4.69, 9.17) is 9.84 Å². The molecule has 188 valence electrons. The number of aliphatic carboxylic acids is 1. The maximum atomic E-state index is 12.7. The fraction of sp³-hybridized carbons (Fsp3) is 0.464. The molecule has 0 aliphatic heterocycles. The van der Waals surface area contributed by atoms with Gasteiger partial charge in [-0.05, 0) is 34.6 Å². The molecule has 0 aromatic heterocycles. The first-order chi connectivity index (χ1) is 16.9. The number of carboxylic acids is 1. The molecular weight excluding hydrogens is 444 g/mol. The zero-order chi connectivity index (χ0) is 25.2. The zero-order valence-corrected chi connectivity index (χ0v) is 20.6. The number of hydrogen-bond acceptors (Lipinski definition) is 4. The number of unbranched alkanes of at least 4 members (excludes halogenated alkanes) is 1. The van der Waals surface area contributed by atoms with E-state index < -0.39 is 12.1 Å². The highest BCUT2D eigenvalue weighted by molar-refractivity contribution is 5.79. The Bertz CT molecular complexity index is 976. The Labute approximate surface area is 207 Å². The number of carboxylic acid groups (broad SMARTS) is 1. The number of alkyl carbamates (subject to hydrolysis) is 1. The second-order valence-electron chi connectivity index (χ2n) is 9.19. The van der Waals surface area contributed by atoms with Crippen molar-refractivity contribution in [2.45, 2.75) is 64.3 Å². The Balaban J connectivity index is 1.55. The third-order valence-corrected chi connectivity index (χ3v) is 6.63. The van der Waals surface area contributed by atoms with Crippen molar-refractivity contribution in [3.05, 3.63) is 59.7 Å². The van der Waals surface area contributed by atoms with Gasteiger partial charge in [0, 0.05) is 31.3 Å². The van der Waals surface area contributed by atoms with Gasteiger partial charge >= 0.3 is 12.1 Å². The van der Waals surface area contributed by atoms with E-state index in [0.29, 0.717) is 19.4 Å². The Morgan fingerprint density at radius 3 is 2.17 bits per heavy atom. The van der Waals surface area contributed by atoms with Crippen LogP contribution in [0.25, 0.3) is 11.1 Å². The number of ether oxygens (including phenoxy) is 1. The molecule has 2 aromatic rings. The summed E-state index contributed by atoms with van der Waals surface area (Å²) < 4.78 is 5.64. The second-order valence-corrected chi connectivity index (χ2v) is 9.19. The third kappa shape index (κ3) is 7.31. The number of rotatable bonds is 13. The fourth-order valence-corrected chi connectivity index (χ4v) is 4.64. The van der Waals surface area contributed by atoms with E-state index in [0.717, 1.165) is 24.0 Å². The molecule has 7 heteroatoms. The number of carbonyl (C=O) groups is 3. The van der Waals surface area contributed by atoms with Gasteiger partial charge in [0.05, 0.1) is 0 Å². The first-order valence-electron chi connectivity index (χ1n) is 12.5. The largest absolute Gasteiger partial charge is 0.481 e. The Morgan fingerprint density at radius 1 is 0.971 bits per heavy atom. The highest BCUT2D eigenvalue weighted by Gasteiger charge is 2.29. The minimum Gasteiger partial charge on any atom is -0.481 e. The predicted molar refractivity (Wildman–Crippen MR) is 135 cm³/mol. The number of amides is 2. The van der Waals surface area contributed by atoms with Crippen molar-refractivity contribution in [3.63, 3.8) is 0 Å². The van der Waals surface area contributed by atoms with Crippen molar-refractivity contribution < 1.29 is 24.2 Å². The monoisotopic (exact) mass is 480 g/mol. The van der Waals surface area contributed by atoms with E-state index in [1.165, 1.54) is 11.1 Å². The quantitative estimate of drug-likeness (QED) is 0.370. The van der Waals surface area contributed by atoms with Crippen LogP contribution >= 0.6 is 0 Å². The van der Waals surface area contributed by atoms with Crippen molar-refractivity contribution in [1.29, 1.82) is 0 Å². The molecule has 3 rings (SSSR count). The van der Waals surface area contributed by atoms with Gasteiger partial charge in [-0.25, -0.2) is 4.79 Å². The standard InChI is InChI=1S/C28H36N2O5/c1-3-5-10-20(16-26(31)29-17-19(4-2)15-27(32)33)30-28(34)35-18-25-23-13-8-6-11-21(23)22-12-7-9-14-24(22)25/h6-9,11-14,19-20,25H,3-5,10,15-18H2,1-2H3,(H,29,31)(H,30,34)(H,32,33)/t19?,20-/m0/s1. The molecule has 1 aliphatic rings. The lowest BCUT2D eigenvalue weighted by molar-refractivity contribution is -0.138. The molecule has 0 saturated carbocycles. The average molecular weight is 481 g/mol. The molecule has 0 bridgehead atoms. The normalized spacial score (nSPS) is 13.9. The summed E-state index contributed by atoms with van der Waals surface area (Å²) in [6, 6.07) is 16.0. The number of hydrogen-bond donors (Lipinski definition) is 3. The van der Waals surface area contributed by atoms with Crippen LogP contribution in [-0.4, -0.2) is 42.3 Å². The lowest BCUT2D eigenvalue weighted by Gasteiger charge is -2.20. The lowest BCUT2D eigenvalue weighted by Crippen LogP contribution is -2.40. The molecule has 7 nitrogen and oxygen atoms in total. The fourth-order valence-electron chi connectivity index (χ4n) is 4.64. The van der Waals surface area contributed by atoms with Crippen molar-refractivity contribution in [3.8, 4) is 11.1 Å². The number of carbonyl (C=O) groups excluding carboxylic acids is 2. The summed E-state index contributed by atoms with van der Waals surface area (Å²) in [6.45, 7) is 4.50. The summed E-state index contributed by atoms with van der Waals surface area (Å²) in [5.74, 6) is -1.20. The number of fused-ring (bicyclic) bond motifs is 3. The smallest absolute Gasteiger partial charge is 0.407 e. The molecule has 0 saturated heterocycles. The van der Waals surface area contributed by atoms with E-state index in [2.05, 4.69) is 41.8 Å². The molecule has 0 heterocycles. The molecule has 2 aromatic carbocycles. The van der Waals surface area contributed by atoms with Gasteiger partial charge in [-0.15, -0.1) is 0 Å². The summed E-state index contributed by atoms with van der Waals surface area (Å²) in [5.41, 5.74) is 4.64. The van der Waals surface area contributed by atoms with Crippen LogP contribution < -0.4 is 10.6 Å². The van der Waals surface area contributed by atoms with Gasteiger partial charge < -0.3 is 20.5 Å². The highest BCUT2D eigenvalue weighted by Crippen LogP contribution is 2.44. The van der Waals surface area contributed by atoms with Crippen LogP contribution in [0.4, 0.5) is 4.79 Å². The van der Waals surface area contributed by atoms with Crippen LogP contribution in [-0.2, 0) is 14.3 Å². The van der Waals surface area contributed by atoms with Gasteiger partial charge in [-0.1, -0.05) is 81.6 Å². The molecular formula is C28H36N2O5. The van der Waals surface area contributed by atoms with Crippen LogP contribution in [0.15, 0.2) is 48.5 Å². The predicted octanol–water partition coefficient (Wildman–Crippen LogP) is 5.09. The van der Waals surface area contributed by atoms with Gasteiger partial charge in [0.15, 0.2) is 0 Å². The van der Waals surface area contributed by atoms with Crippen molar-refractivity contribution in [2.75, 3.05) is 13.2 Å². The zero-order valence-electron chi connectivity index (χ0n) is 20.6. The van der Waals surface area contributed by atoms with Gasteiger partial charge in [-0.3, -0.25) is 9.59 Å². The second kappa shape index (κ2) is 12.9. The van der Waals surface area contributed by atoms with Gasteiger partial charge in [0.2, 0.25) is 5.91 Å². The van der Waals surface area contributed by atoms with Crippen LogP contribution in [0.2, 0.25) is 0 Å². The Morgan fingerprint density at radius 2 is 1.60 bits per heavy atom. The topological polar surface area (TPSA) is 105 Å². The first kappa shape index (κ1) is 26.3. The molecule has 1 unspecified atom stereocenters. The molecule has 0 radical (unpaired) electrons. The van der Waals surface area contributed by atoms with Crippen LogP contribution in [0, 0.1) is 5.92 Å². The Kier molecular flexibility index (Phi) is 9.70. The first-order valence-corrected chi connectivity index (χ1v) is 12.5. The molecule has 1 aliphatic carbocycles. The van der Waals surface area contributed by atoms with Gasteiger partial charge in [0.25, 0.3) is 0 Å². The summed E-state index contributed by atoms with van der Waals surface area (Å²) >= 11 is 0. The molecule has 0 spiro atoms. The minimum absolute atomic E-state index is 0.0219. The summed E-state index contributed by atoms with van der Waals surface area (Å²) in [4.78, 5) is 36.1. The average Bonchev–Trinajstić information content (AvgIpc) is 3.17. The van der Waals surface area contributed by atoms with Crippen LogP contribution in [0.5, 0.6) is 0 Å². The molecule has 35 heavy (non-hydrogen) atoms. The summed E-state index contributed by atoms with van der Waals surface area (Å²) in [5, 5.41) is 14.7. The Hall–Kier alpha value is -3.35. The van der Waals surface area contributed by atoms with E-state index in [9.17, 15) is 14.4 Å². The van der Waals surface area contributed by atoms with Gasteiger partial charge in [-0.2, -0.15) is 0 Å². The number of nitrogens with one attached hydrogen (secondary N) is 2. The van der Waals surface area contributed by atoms with Crippen LogP contribution in [0.3, 0.4) is 0 Å². The maximum Gasteiger partial charge on any atom is 0.407 e. The van der Waals surface area contributed by atoms with E-state index in [-0.39, 0.29) is 43.2 Å². The highest BCUT2D eigenvalue weighted by atomic mass is 16.5. The summed E-state index contributed by atoms with van der Waals surface area (Å²) in [7, 11) is 0. The minimum atomic E-state index is -0.871. The van der Waals surface area contributed by atoms with E-state index >= 15 is 0 Å². The van der Waals surface area contributed by atoms with E-state index in [1.54, 1.807) is 0 Å². The van der Waals surface area contributed by atoms with Crippen LogP contribution in [0.1, 0.15) is 69.4 Å². The molecule has 0 fully saturated rings. The van der Waals surface area contributed by atoms with E-state index in [1.807, 2.05) is 31.2 Å². The maximum absolute atomic E-state index is 12.7. The van der Waals surface area contributed by atoms with Gasteiger partial charge in [0.1, 0.15) is 6.61 Å². The SMILES string of the molecule is CCCC[C@@H](CC(=O)NCC(CC)CC(=O)O)NC(=O)OCC1c2ccccc2-c2ccccc21.